The van der Waals surface area contributed by atoms with Gasteiger partial charge in [-0.25, -0.2) is 0 Å². The molecule has 1 aliphatic carbocycles. The minimum atomic E-state index is -0.404. The van der Waals surface area contributed by atoms with E-state index in [0.717, 1.165) is 64.9 Å². The standard InChI is InChI=1S/C18H32N2O4/c1-14(24-13-15-5-2-3-12-23-15)18(22)20-10-8-19(9-11-20)16-6-4-7-17(16)21/h14-17,21H,2-13H2,1H3. The van der Waals surface area contributed by atoms with E-state index in [1.54, 1.807) is 0 Å². The zero-order chi connectivity index (χ0) is 16.9. The van der Waals surface area contributed by atoms with Crippen LogP contribution in [0.3, 0.4) is 0 Å². The second-order valence-corrected chi connectivity index (χ2v) is 7.39. The van der Waals surface area contributed by atoms with Gasteiger partial charge >= 0.3 is 0 Å². The summed E-state index contributed by atoms with van der Waals surface area (Å²) in [5.74, 6) is 0.0810. The van der Waals surface area contributed by atoms with Gasteiger partial charge in [-0.05, 0) is 45.4 Å². The van der Waals surface area contributed by atoms with E-state index in [1.165, 1.54) is 6.42 Å². The second-order valence-electron chi connectivity index (χ2n) is 7.39. The first-order valence-corrected chi connectivity index (χ1v) is 9.59. The van der Waals surface area contributed by atoms with Gasteiger partial charge < -0.3 is 19.5 Å². The Morgan fingerprint density at radius 2 is 1.96 bits per heavy atom. The lowest BCUT2D eigenvalue weighted by Crippen LogP contribution is -2.55. The highest BCUT2D eigenvalue weighted by Crippen LogP contribution is 2.25. The van der Waals surface area contributed by atoms with E-state index >= 15 is 0 Å². The van der Waals surface area contributed by atoms with Crippen LogP contribution in [-0.4, -0.2) is 84.6 Å². The summed E-state index contributed by atoms with van der Waals surface area (Å²) in [5.41, 5.74) is 0. The summed E-state index contributed by atoms with van der Waals surface area (Å²) in [6.45, 7) is 6.34. The van der Waals surface area contributed by atoms with E-state index in [2.05, 4.69) is 4.90 Å². The summed E-state index contributed by atoms with van der Waals surface area (Å²) in [6, 6.07) is 0.291. The molecule has 0 spiro atoms. The maximum absolute atomic E-state index is 12.6. The number of rotatable bonds is 5. The van der Waals surface area contributed by atoms with Crippen molar-refractivity contribution in [2.75, 3.05) is 39.4 Å². The molecule has 24 heavy (non-hydrogen) atoms. The Morgan fingerprint density at radius 1 is 1.17 bits per heavy atom. The molecule has 2 heterocycles. The third-order valence-electron chi connectivity index (χ3n) is 5.69. The van der Waals surface area contributed by atoms with Crippen molar-refractivity contribution in [2.45, 2.75) is 69.8 Å². The van der Waals surface area contributed by atoms with Crippen LogP contribution >= 0.6 is 0 Å². The van der Waals surface area contributed by atoms with Crippen LogP contribution in [0.25, 0.3) is 0 Å². The molecule has 3 aliphatic rings. The van der Waals surface area contributed by atoms with E-state index in [1.807, 2.05) is 11.8 Å². The summed E-state index contributed by atoms with van der Waals surface area (Å²) in [5, 5.41) is 10.0. The third-order valence-corrected chi connectivity index (χ3v) is 5.69. The highest BCUT2D eigenvalue weighted by molar-refractivity contribution is 5.80. The molecular weight excluding hydrogens is 308 g/mol. The predicted octanol–water partition coefficient (Wildman–Crippen LogP) is 1.02. The predicted molar refractivity (Wildman–Crippen MR) is 90.8 cm³/mol. The van der Waals surface area contributed by atoms with Crippen LogP contribution in [0.4, 0.5) is 0 Å². The molecule has 3 rings (SSSR count). The van der Waals surface area contributed by atoms with Crippen molar-refractivity contribution in [3.8, 4) is 0 Å². The summed E-state index contributed by atoms with van der Waals surface area (Å²) in [7, 11) is 0. The lowest BCUT2D eigenvalue weighted by molar-refractivity contribution is -0.148. The second kappa shape index (κ2) is 8.61. The van der Waals surface area contributed by atoms with Gasteiger partial charge in [0.15, 0.2) is 0 Å². The van der Waals surface area contributed by atoms with Gasteiger partial charge in [-0.1, -0.05) is 0 Å². The smallest absolute Gasteiger partial charge is 0.251 e. The van der Waals surface area contributed by atoms with E-state index < -0.39 is 6.10 Å². The number of hydrogen-bond acceptors (Lipinski definition) is 5. The average Bonchev–Trinajstić information content (AvgIpc) is 3.06. The number of aliphatic hydroxyl groups excluding tert-OH is 1. The molecule has 1 saturated carbocycles. The minimum absolute atomic E-state index is 0.0810. The average molecular weight is 340 g/mol. The van der Waals surface area contributed by atoms with Crippen molar-refractivity contribution >= 4 is 5.91 Å². The topological polar surface area (TPSA) is 62.2 Å². The molecule has 138 valence electrons. The van der Waals surface area contributed by atoms with Gasteiger partial charge in [-0.15, -0.1) is 0 Å². The van der Waals surface area contributed by atoms with Crippen molar-refractivity contribution in [3.63, 3.8) is 0 Å². The maximum Gasteiger partial charge on any atom is 0.251 e. The number of piperazine rings is 1. The van der Waals surface area contributed by atoms with Gasteiger partial charge in [0, 0.05) is 38.8 Å². The molecule has 6 nitrogen and oxygen atoms in total. The van der Waals surface area contributed by atoms with Crippen molar-refractivity contribution in [3.05, 3.63) is 0 Å². The number of nitrogens with zero attached hydrogens (tertiary/aromatic N) is 2. The van der Waals surface area contributed by atoms with Crippen LogP contribution in [0.2, 0.25) is 0 Å². The molecule has 4 atom stereocenters. The van der Waals surface area contributed by atoms with Gasteiger partial charge in [-0.2, -0.15) is 0 Å². The molecular formula is C18H32N2O4. The summed E-state index contributed by atoms with van der Waals surface area (Å²) in [6.07, 6.45) is 6.01. The lowest BCUT2D eigenvalue weighted by Gasteiger charge is -2.39. The van der Waals surface area contributed by atoms with Crippen LogP contribution in [0.1, 0.15) is 45.4 Å². The van der Waals surface area contributed by atoms with Crippen LogP contribution in [0, 0.1) is 0 Å². The molecule has 2 saturated heterocycles. The van der Waals surface area contributed by atoms with E-state index in [4.69, 9.17) is 9.47 Å². The highest BCUT2D eigenvalue weighted by atomic mass is 16.5. The fraction of sp³-hybridized carbons (Fsp3) is 0.944. The van der Waals surface area contributed by atoms with Crippen molar-refractivity contribution in [1.82, 2.24) is 9.80 Å². The molecule has 3 fully saturated rings. The number of amides is 1. The molecule has 0 aromatic rings. The number of hydrogen-bond donors (Lipinski definition) is 1. The fourth-order valence-corrected chi connectivity index (χ4v) is 4.14. The quantitative estimate of drug-likeness (QED) is 0.810. The number of carbonyl (C=O) groups excluding carboxylic acids is 1. The van der Waals surface area contributed by atoms with Crippen molar-refractivity contribution in [2.24, 2.45) is 0 Å². The van der Waals surface area contributed by atoms with Gasteiger partial charge in [0.2, 0.25) is 0 Å². The maximum atomic E-state index is 12.6. The largest absolute Gasteiger partial charge is 0.391 e. The van der Waals surface area contributed by atoms with Crippen molar-refractivity contribution < 1.29 is 19.4 Å². The van der Waals surface area contributed by atoms with Crippen molar-refractivity contribution in [1.29, 1.82) is 0 Å². The molecule has 1 N–H and O–H groups in total. The Morgan fingerprint density at radius 3 is 2.58 bits per heavy atom. The normalized spacial score (nSPS) is 33.6. The zero-order valence-electron chi connectivity index (χ0n) is 14.9. The van der Waals surface area contributed by atoms with Gasteiger partial charge in [0.05, 0.1) is 18.8 Å². The highest BCUT2D eigenvalue weighted by Gasteiger charge is 2.34. The molecule has 0 aromatic heterocycles. The lowest BCUT2D eigenvalue weighted by atomic mass is 10.1. The molecule has 1 amide bonds. The monoisotopic (exact) mass is 340 g/mol. The van der Waals surface area contributed by atoms with Gasteiger partial charge in [0.25, 0.3) is 5.91 Å². The number of aliphatic hydroxyl groups is 1. The summed E-state index contributed by atoms with van der Waals surface area (Å²) >= 11 is 0. The fourth-order valence-electron chi connectivity index (χ4n) is 4.14. The van der Waals surface area contributed by atoms with E-state index in [9.17, 15) is 9.90 Å². The first-order valence-electron chi connectivity index (χ1n) is 9.59. The molecule has 0 aromatic carbocycles. The van der Waals surface area contributed by atoms with Crippen LogP contribution < -0.4 is 0 Å². The van der Waals surface area contributed by atoms with E-state index in [-0.39, 0.29) is 18.1 Å². The first kappa shape index (κ1) is 18.1. The van der Waals surface area contributed by atoms with Crippen LogP contribution in [0.15, 0.2) is 0 Å². The zero-order valence-corrected chi connectivity index (χ0v) is 14.9. The Labute approximate surface area is 145 Å². The molecule has 4 unspecified atom stereocenters. The van der Waals surface area contributed by atoms with Crippen LogP contribution in [-0.2, 0) is 14.3 Å². The van der Waals surface area contributed by atoms with E-state index in [0.29, 0.717) is 12.6 Å². The first-order chi connectivity index (χ1) is 11.6. The van der Waals surface area contributed by atoms with Gasteiger partial charge in [-0.3, -0.25) is 9.69 Å². The third kappa shape index (κ3) is 4.48. The Hall–Kier alpha value is -0.690. The SMILES string of the molecule is CC(OCC1CCCCO1)C(=O)N1CCN(C2CCCC2O)CC1. The Kier molecular flexibility index (Phi) is 6.49. The number of ether oxygens (including phenoxy) is 2. The van der Waals surface area contributed by atoms with Crippen LogP contribution in [0.5, 0.6) is 0 Å². The number of carbonyl (C=O) groups is 1. The molecule has 2 aliphatic heterocycles. The Balaban J connectivity index is 1.39. The molecule has 6 heteroatoms. The molecule has 0 bridgehead atoms. The summed E-state index contributed by atoms with van der Waals surface area (Å²) in [4.78, 5) is 16.8. The summed E-state index contributed by atoms with van der Waals surface area (Å²) < 4.78 is 11.4. The minimum Gasteiger partial charge on any atom is -0.391 e. The Bertz CT molecular complexity index is 406. The molecule has 0 radical (unpaired) electrons. The van der Waals surface area contributed by atoms with Gasteiger partial charge in [0.1, 0.15) is 6.10 Å².